The van der Waals surface area contributed by atoms with Crippen LogP contribution in [0, 0.1) is 5.92 Å². The number of H-pyrrole nitrogens is 1. The van der Waals surface area contributed by atoms with Crippen molar-refractivity contribution in [1.82, 2.24) is 24.8 Å². The number of para-hydroxylation sites is 2. The molecule has 1 saturated heterocycles. The summed E-state index contributed by atoms with van der Waals surface area (Å²) in [5, 5.41) is 0. The maximum Gasteiger partial charge on any atom is 0.257 e. The summed E-state index contributed by atoms with van der Waals surface area (Å²) in [5.74, 6) is 1.57. The van der Waals surface area contributed by atoms with Crippen molar-refractivity contribution in [2.45, 2.75) is 19.3 Å². The van der Waals surface area contributed by atoms with Crippen molar-refractivity contribution < 1.29 is 4.79 Å². The molecule has 30 heavy (non-hydrogen) atoms. The van der Waals surface area contributed by atoms with E-state index in [-0.39, 0.29) is 5.91 Å². The number of rotatable bonds is 4. The first-order valence-corrected chi connectivity index (χ1v) is 10.4. The molecule has 6 heteroatoms. The van der Waals surface area contributed by atoms with Crippen molar-refractivity contribution in [3.8, 4) is 11.3 Å². The van der Waals surface area contributed by atoms with Gasteiger partial charge in [-0.1, -0.05) is 42.5 Å². The number of amides is 1. The van der Waals surface area contributed by atoms with Crippen LogP contribution in [0.15, 0.2) is 67.1 Å². The third-order valence-electron chi connectivity index (χ3n) is 5.81. The Morgan fingerprint density at radius 1 is 1.03 bits per heavy atom. The average Bonchev–Trinajstić information content (AvgIpc) is 3.22. The summed E-state index contributed by atoms with van der Waals surface area (Å²) < 4.78 is 0. The maximum atomic E-state index is 13.2. The van der Waals surface area contributed by atoms with Gasteiger partial charge in [0.25, 0.3) is 5.91 Å². The summed E-state index contributed by atoms with van der Waals surface area (Å²) >= 11 is 0. The van der Waals surface area contributed by atoms with E-state index in [0.717, 1.165) is 54.8 Å². The SMILES string of the molecule is O=C(c1cncnc1-c1ccccc1)N1CCC(Cc2nc3ccccc3[nH]2)CC1. The second kappa shape index (κ2) is 8.06. The van der Waals surface area contributed by atoms with Crippen LogP contribution in [-0.4, -0.2) is 43.8 Å². The van der Waals surface area contributed by atoms with Gasteiger partial charge < -0.3 is 9.88 Å². The van der Waals surface area contributed by atoms with E-state index < -0.39 is 0 Å². The van der Waals surface area contributed by atoms with Gasteiger partial charge in [-0.15, -0.1) is 0 Å². The van der Waals surface area contributed by atoms with E-state index in [0.29, 0.717) is 17.2 Å². The highest BCUT2D eigenvalue weighted by atomic mass is 16.2. The number of carbonyl (C=O) groups is 1. The molecule has 1 aliphatic heterocycles. The molecular formula is C24H23N5O. The third-order valence-corrected chi connectivity index (χ3v) is 5.81. The molecule has 0 atom stereocenters. The summed E-state index contributed by atoms with van der Waals surface area (Å²) in [7, 11) is 0. The van der Waals surface area contributed by atoms with E-state index in [1.54, 1.807) is 6.20 Å². The predicted octanol–water partition coefficient (Wildman–Crippen LogP) is 4.11. The molecule has 4 aromatic rings. The Kier molecular flexibility index (Phi) is 4.97. The number of hydrogen-bond donors (Lipinski definition) is 1. The van der Waals surface area contributed by atoms with Crippen LogP contribution >= 0.6 is 0 Å². The van der Waals surface area contributed by atoms with Crippen molar-refractivity contribution in [3.63, 3.8) is 0 Å². The normalized spacial score (nSPS) is 14.9. The molecule has 0 bridgehead atoms. The second-order valence-corrected chi connectivity index (χ2v) is 7.79. The van der Waals surface area contributed by atoms with Crippen LogP contribution in [0.1, 0.15) is 29.0 Å². The minimum Gasteiger partial charge on any atom is -0.342 e. The van der Waals surface area contributed by atoms with Crippen LogP contribution in [-0.2, 0) is 6.42 Å². The minimum absolute atomic E-state index is 0.0108. The third kappa shape index (κ3) is 3.68. The van der Waals surface area contributed by atoms with E-state index in [2.05, 4.69) is 21.0 Å². The van der Waals surface area contributed by atoms with Crippen LogP contribution in [0.5, 0.6) is 0 Å². The molecule has 1 fully saturated rings. The first-order valence-electron chi connectivity index (χ1n) is 10.4. The topological polar surface area (TPSA) is 74.8 Å². The molecular weight excluding hydrogens is 374 g/mol. The Balaban J connectivity index is 1.26. The van der Waals surface area contributed by atoms with E-state index >= 15 is 0 Å². The molecule has 1 N–H and O–H groups in total. The quantitative estimate of drug-likeness (QED) is 0.562. The molecule has 2 aromatic heterocycles. The zero-order valence-corrected chi connectivity index (χ0v) is 16.7. The number of aromatic amines is 1. The van der Waals surface area contributed by atoms with Crippen LogP contribution in [0.3, 0.4) is 0 Å². The van der Waals surface area contributed by atoms with Crippen LogP contribution in [0.2, 0.25) is 0 Å². The number of likely N-dealkylation sites (tertiary alicyclic amines) is 1. The van der Waals surface area contributed by atoms with Crippen LogP contribution in [0.25, 0.3) is 22.3 Å². The number of carbonyl (C=O) groups excluding carboxylic acids is 1. The van der Waals surface area contributed by atoms with Crippen LogP contribution < -0.4 is 0 Å². The fourth-order valence-electron chi connectivity index (χ4n) is 4.20. The molecule has 1 amide bonds. The smallest absolute Gasteiger partial charge is 0.257 e. The van der Waals surface area contributed by atoms with Crippen LogP contribution in [0.4, 0.5) is 0 Å². The Bertz CT molecular complexity index is 1130. The molecule has 2 aromatic carbocycles. The van der Waals surface area contributed by atoms with E-state index in [1.165, 1.54) is 6.33 Å². The fraction of sp³-hybridized carbons (Fsp3) is 0.250. The number of imidazole rings is 1. The molecule has 6 nitrogen and oxygen atoms in total. The maximum absolute atomic E-state index is 13.2. The molecule has 5 rings (SSSR count). The highest BCUT2D eigenvalue weighted by Gasteiger charge is 2.26. The standard InChI is InChI=1S/C24H23N5O/c30-24(19-15-25-16-26-23(19)18-6-2-1-3-7-18)29-12-10-17(11-13-29)14-22-27-20-8-4-5-9-21(20)28-22/h1-9,15-17H,10-14H2,(H,27,28). The molecule has 0 saturated carbocycles. The average molecular weight is 397 g/mol. The summed E-state index contributed by atoms with van der Waals surface area (Å²) in [6, 6.07) is 17.9. The van der Waals surface area contributed by atoms with Gasteiger partial charge in [-0.3, -0.25) is 4.79 Å². The predicted molar refractivity (Wildman–Crippen MR) is 116 cm³/mol. The van der Waals surface area contributed by atoms with Crippen molar-refractivity contribution in [2.24, 2.45) is 5.92 Å². The van der Waals surface area contributed by atoms with Crippen molar-refractivity contribution in [1.29, 1.82) is 0 Å². The van der Waals surface area contributed by atoms with Gasteiger partial charge in [-0.25, -0.2) is 15.0 Å². The highest BCUT2D eigenvalue weighted by molar-refractivity contribution is 5.99. The number of nitrogens with zero attached hydrogens (tertiary/aromatic N) is 4. The first kappa shape index (κ1) is 18.5. The van der Waals surface area contributed by atoms with Gasteiger partial charge in [0.2, 0.25) is 0 Å². The Morgan fingerprint density at radius 2 is 1.80 bits per heavy atom. The highest BCUT2D eigenvalue weighted by Crippen LogP contribution is 2.26. The summed E-state index contributed by atoms with van der Waals surface area (Å²) in [5.41, 5.74) is 4.29. The second-order valence-electron chi connectivity index (χ2n) is 7.79. The number of nitrogens with one attached hydrogen (secondary N) is 1. The zero-order valence-electron chi connectivity index (χ0n) is 16.7. The molecule has 1 aliphatic rings. The van der Waals surface area contributed by atoms with Gasteiger partial charge in [0.1, 0.15) is 12.2 Å². The van der Waals surface area contributed by atoms with E-state index in [4.69, 9.17) is 4.98 Å². The first-order chi connectivity index (χ1) is 14.8. The number of benzene rings is 2. The van der Waals surface area contributed by atoms with Crippen molar-refractivity contribution >= 4 is 16.9 Å². The lowest BCUT2D eigenvalue weighted by Crippen LogP contribution is -2.39. The fourth-order valence-corrected chi connectivity index (χ4v) is 4.20. The number of fused-ring (bicyclic) bond motifs is 1. The van der Waals surface area contributed by atoms with E-state index in [9.17, 15) is 4.79 Å². The zero-order chi connectivity index (χ0) is 20.3. The van der Waals surface area contributed by atoms with Crippen molar-refractivity contribution in [2.75, 3.05) is 13.1 Å². The van der Waals surface area contributed by atoms with Gasteiger partial charge in [-0.2, -0.15) is 0 Å². The largest absolute Gasteiger partial charge is 0.342 e. The molecule has 0 unspecified atom stereocenters. The number of piperidine rings is 1. The van der Waals surface area contributed by atoms with Crippen molar-refractivity contribution in [3.05, 3.63) is 78.5 Å². The summed E-state index contributed by atoms with van der Waals surface area (Å²) in [6.45, 7) is 1.49. The molecule has 3 heterocycles. The summed E-state index contributed by atoms with van der Waals surface area (Å²) in [4.78, 5) is 31.7. The molecule has 0 spiro atoms. The lowest BCUT2D eigenvalue weighted by Gasteiger charge is -2.32. The molecule has 150 valence electrons. The van der Waals surface area contributed by atoms with Gasteiger partial charge >= 0.3 is 0 Å². The van der Waals surface area contributed by atoms with Gasteiger partial charge in [0.15, 0.2) is 0 Å². The van der Waals surface area contributed by atoms with Gasteiger partial charge in [0.05, 0.1) is 22.3 Å². The van der Waals surface area contributed by atoms with Gasteiger partial charge in [-0.05, 0) is 30.9 Å². The Labute approximate surface area is 175 Å². The number of hydrogen-bond acceptors (Lipinski definition) is 4. The molecule has 0 radical (unpaired) electrons. The lowest BCUT2D eigenvalue weighted by atomic mass is 9.92. The summed E-state index contributed by atoms with van der Waals surface area (Å²) in [6.07, 6.45) is 5.99. The van der Waals surface area contributed by atoms with Gasteiger partial charge in [0, 0.05) is 31.3 Å². The Hall–Kier alpha value is -3.54. The van der Waals surface area contributed by atoms with E-state index in [1.807, 2.05) is 53.4 Å². The Morgan fingerprint density at radius 3 is 2.60 bits per heavy atom. The number of aromatic nitrogens is 4. The lowest BCUT2D eigenvalue weighted by molar-refractivity contribution is 0.0690. The monoisotopic (exact) mass is 397 g/mol. The molecule has 0 aliphatic carbocycles. The minimum atomic E-state index is 0.0108.